The van der Waals surface area contributed by atoms with Gasteiger partial charge < -0.3 is 10.2 Å². The van der Waals surface area contributed by atoms with Gasteiger partial charge in [0.25, 0.3) is 0 Å². The molecule has 1 saturated heterocycles. The molecule has 1 aromatic heterocycles. The maximum Gasteiger partial charge on any atom is 0.147 e. The van der Waals surface area contributed by atoms with Gasteiger partial charge in [-0.3, -0.25) is 4.98 Å². The van der Waals surface area contributed by atoms with Gasteiger partial charge in [0.1, 0.15) is 5.82 Å². The average Bonchev–Trinajstić information content (AvgIpc) is 2.39. The quantitative estimate of drug-likeness (QED) is 0.825. The number of nitrogens with zero attached hydrogens (tertiary/aromatic N) is 3. The number of thioether (sulfide) groups is 1. The zero-order valence-electron chi connectivity index (χ0n) is 11.2. The van der Waals surface area contributed by atoms with Crippen molar-refractivity contribution in [1.29, 1.82) is 0 Å². The number of hydrogen-bond acceptors (Lipinski definition) is 5. The Morgan fingerprint density at radius 1 is 1.50 bits per heavy atom. The van der Waals surface area contributed by atoms with Crippen LogP contribution in [0.15, 0.2) is 12.4 Å². The van der Waals surface area contributed by atoms with Crippen molar-refractivity contribution in [2.24, 2.45) is 0 Å². The molecule has 1 fully saturated rings. The second-order valence-electron chi connectivity index (χ2n) is 4.67. The van der Waals surface area contributed by atoms with Gasteiger partial charge in [0.2, 0.25) is 0 Å². The van der Waals surface area contributed by atoms with Gasteiger partial charge in [0.05, 0.1) is 11.9 Å². The Balaban J connectivity index is 1.97. The first kappa shape index (κ1) is 13.6. The van der Waals surface area contributed by atoms with Crippen molar-refractivity contribution < 1.29 is 0 Å². The van der Waals surface area contributed by atoms with E-state index in [9.17, 15) is 0 Å². The minimum Gasteiger partial charge on any atom is -0.353 e. The highest BCUT2D eigenvalue weighted by molar-refractivity contribution is 8.00. The molecule has 2 heterocycles. The molecule has 4 nitrogen and oxygen atoms in total. The lowest BCUT2D eigenvalue weighted by Crippen LogP contribution is -2.37. The van der Waals surface area contributed by atoms with Crippen LogP contribution in [0.25, 0.3) is 0 Å². The van der Waals surface area contributed by atoms with Crippen LogP contribution >= 0.6 is 11.8 Å². The fraction of sp³-hybridized carbons (Fsp3) is 0.692. The van der Waals surface area contributed by atoms with Gasteiger partial charge in [0, 0.05) is 36.8 Å². The van der Waals surface area contributed by atoms with Crippen LogP contribution in [0.4, 0.5) is 5.82 Å². The molecule has 100 valence electrons. The number of nitrogens with one attached hydrogen (secondary N) is 1. The molecule has 1 atom stereocenters. The third-order valence-corrected chi connectivity index (χ3v) is 4.11. The third-order valence-electron chi connectivity index (χ3n) is 2.97. The van der Waals surface area contributed by atoms with Crippen molar-refractivity contribution in [3.63, 3.8) is 0 Å². The minimum atomic E-state index is 0.683. The van der Waals surface area contributed by atoms with Gasteiger partial charge in [-0.15, -0.1) is 0 Å². The Kier molecular flexibility index (Phi) is 5.26. The van der Waals surface area contributed by atoms with Crippen LogP contribution in [0.2, 0.25) is 0 Å². The highest BCUT2D eigenvalue weighted by Crippen LogP contribution is 2.21. The fourth-order valence-corrected chi connectivity index (χ4v) is 3.07. The summed E-state index contributed by atoms with van der Waals surface area (Å²) in [4.78, 5) is 11.4. The number of anilines is 1. The fourth-order valence-electron chi connectivity index (χ4n) is 2.05. The Labute approximate surface area is 114 Å². The van der Waals surface area contributed by atoms with E-state index in [1.54, 1.807) is 0 Å². The van der Waals surface area contributed by atoms with Gasteiger partial charge >= 0.3 is 0 Å². The predicted octanol–water partition coefficient (Wildman–Crippen LogP) is 1.92. The molecule has 0 aliphatic carbocycles. The topological polar surface area (TPSA) is 41.1 Å². The summed E-state index contributed by atoms with van der Waals surface area (Å²) in [5.41, 5.74) is 1.03. The van der Waals surface area contributed by atoms with Crippen molar-refractivity contribution >= 4 is 17.6 Å². The van der Waals surface area contributed by atoms with Crippen molar-refractivity contribution in [2.45, 2.75) is 32.1 Å². The Morgan fingerprint density at radius 2 is 2.39 bits per heavy atom. The maximum absolute atomic E-state index is 4.69. The zero-order chi connectivity index (χ0) is 12.8. The van der Waals surface area contributed by atoms with E-state index in [0.717, 1.165) is 44.1 Å². The summed E-state index contributed by atoms with van der Waals surface area (Å²) >= 11 is 2.04. The maximum atomic E-state index is 4.69. The largest absolute Gasteiger partial charge is 0.353 e. The summed E-state index contributed by atoms with van der Waals surface area (Å²) in [5, 5.41) is 4.05. The van der Waals surface area contributed by atoms with Gasteiger partial charge in [0.15, 0.2) is 0 Å². The van der Waals surface area contributed by atoms with Crippen molar-refractivity contribution in [2.75, 3.05) is 30.3 Å². The standard InChI is InChI=1S/C13H22N4S/c1-3-4-14-7-12-8-15-9-13(16-12)17-5-6-18-11(2)10-17/h8-9,11,14H,3-7,10H2,1-2H3. The predicted molar refractivity (Wildman–Crippen MR) is 78.2 cm³/mol. The van der Waals surface area contributed by atoms with Crippen LogP contribution in [-0.2, 0) is 6.54 Å². The van der Waals surface area contributed by atoms with Crippen molar-refractivity contribution in [3.05, 3.63) is 18.1 Å². The van der Waals surface area contributed by atoms with E-state index in [1.165, 1.54) is 5.75 Å². The van der Waals surface area contributed by atoms with E-state index < -0.39 is 0 Å². The molecule has 1 aliphatic heterocycles. The van der Waals surface area contributed by atoms with Crippen LogP contribution in [0, 0.1) is 0 Å². The molecule has 0 saturated carbocycles. The normalized spacial score (nSPS) is 20.1. The van der Waals surface area contributed by atoms with Crippen molar-refractivity contribution in [3.8, 4) is 0 Å². The van der Waals surface area contributed by atoms with Crippen LogP contribution in [0.1, 0.15) is 26.0 Å². The minimum absolute atomic E-state index is 0.683. The van der Waals surface area contributed by atoms with E-state index in [4.69, 9.17) is 4.98 Å². The van der Waals surface area contributed by atoms with Gasteiger partial charge in [-0.2, -0.15) is 11.8 Å². The number of rotatable bonds is 5. The lowest BCUT2D eigenvalue weighted by molar-refractivity contribution is 0.659. The van der Waals surface area contributed by atoms with E-state index in [-0.39, 0.29) is 0 Å². The van der Waals surface area contributed by atoms with E-state index in [2.05, 4.69) is 29.0 Å². The van der Waals surface area contributed by atoms with E-state index >= 15 is 0 Å². The van der Waals surface area contributed by atoms with E-state index in [0.29, 0.717) is 5.25 Å². The molecule has 1 aliphatic rings. The molecule has 0 radical (unpaired) electrons. The summed E-state index contributed by atoms with van der Waals surface area (Å²) in [6.45, 7) is 8.44. The molecule has 1 N–H and O–H groups in total. The average molecular weight is 266 g/mol. The number of aromatic nitrogens is 2. The zero-order valence-corrected chi connectivity index (χ0v) is 12.0. The summed E-state index contributed by atoms with van der Waals surface area (Å²) in [5.74, 6) is 2.21. The second-order valence-corrected chi connectivity index (χ2v) is 6.22. The van der Waals surface area contributed by atoms with E-state index in [1.807, 2.05) is 24.2 Å². The summed E-state index contributed by atoms with van der Waals surface area (Å²) < 4.78 is 0. The lowest BCUT2D eigenvalue weighted by atomic mass is 10.3. The Morgan fingerprint density at radius 3 is 3.17 bits per heavy atom. The molecule has 5 heteroatoms. The highest BCUT2D eigenvalue weighted by atomic mass is 32.2. The van der Waals surface area contributed by atoms with Crippen LogP contribution < -0.4 is 10.2 Å². The molecule has 1 aromatic rings. The molecule has 1 unspecified atom stereocenters. The molecular formula is C13H22N4S. The molecule has 2 rings (SSSR count). The first-order chi connectivity index (χ1) is 8.79. The van der Waals surface area contributed by atoms with Gasteiger partial charge in [-0.25, -0.2) is 4.98 Å². The molecule has 0 aromatic carbocycles. The van der Waals surface area contributed by atoms with Crippen LogP contribution in [0.5, 0.6) is 0 Å². The summed E-state index contributed by atoms with van der Waals surface area (Å²) in [7, 11) is 0. The van der Waals surface area contributed by atoms with Gasteiger partial charge in [-0.1, -0.05) is 13.8 Å². The Hall–Kier alpha value is -0.810. The van der Waals surface area contributed by atoms with Gasteiger partial charge in [-0.05, 0) is 13.0 Å². The lowest BCUT2D eigenvalue weighted by Gasteiger charge is -2.31. The molecule has 18 heavy (non-hydrogen) atoms. The SMILES string of the molecule is CCCNCc1cncc(N2CCSC(C)C2)n1. The summed E-state index contributed by atoms with van der Waals surface area (Å²) in [6, 6.07) is 0. The Bertz CT molecular complexity index is 372. The highest BCUT2D eigenvalue weighted by Gasteiger charge is 2.18. The first-order valence-corrected chi connectivity index (χ1v) is 7.72. The monoisotopic (exact) mass is 266 g/mol. The van der Waals surface area contributed by atoms with Crippen LogP contribution in [0.3, 0.4) is 0 Å². The third kappa shape index (κ3) is 3.85. The molecule has 0 amide bonds. The van der Waals surface area contributed by atoms with Crippen molar-refractivity contribution in [1.82, 2.24) is 15.3 Å². The molecule has 0 bridgehead atoms. The number of hydrogen-bond donors (Lipinski definition) is 1. The van der Waals surface area contributed by atoms with Crippen LogP contribution in [-0.4, -0.2) is 40.6 Å². The second kappa shape index (κ2) is 6.95. The first-order valence-electron chi connectivity index (χ1n) is 6.67. The summed E-state index contributed by atoms with van der Waals surface area (Å²) in [6.07, 6.45) is 4.88. The molecule has 0 spiro atoms. The molecular weight excluding hydrogens is 244 g/mol. The smallest absolute Gasteiger partial charge is 0.147 e.